The maximum atomic E-state index is 5.44. The minimum atomic E-state index is 0.719. The van der Waals surface area contributed by atoms with Crippen molar-refractivity contribution in [2.24, 2.45) is 0 Å². The number of ether oxygens (including phenoxy) is 1. The lowest BCUT2D eigenvalue weighted by Crippen LogP contribution is -2.30. The van der Waals surface area contributed by atoms with Crippen LogP contribution in [0.1, 0.15) is 5.56 Å². The molecule has 0 aliphatic heterocycles. The molecule has 0 unspecified atom stereocenters. The first kappa shape index (κ1) is 13.5. The van der Waals surface area contributed by atoms with Crippen molar-refractivity contribution in [3.8, 4) is 5.75 Å². The molecule has 0 aliphatic rings. The van der Waals surface area contributed by atoms with Gasteiger partial charge in [0.15, 0.2) is 0 Å². The molecule has 0 saturated carbocycles. The minimum Gasteiger partial charge on any atom is -0.497 e. The van der Waals surface area contributed by atoms with Crippen LogP contribution in [0.25, 0.3) is 0 Å². The van der Waals surface area contributed by atoms with Crippen LogP contribution in [-0.4, -0.2) is 30.1 Å². The molecule has 0 radical (unpaired) electrons. The lowest BCUT2D eigenvalue weighted by Gasteiger charge is -2.22. The lowest BCUT2D eigenvalue weighted by atomic mass is 10.2. The van der Waals surface area contributed by atoms with E-state index in [-0.39, 0.29) is 0 Å². The monoisotopic (exact) mass is 247 g/mol. The Bertz CT molecular complexity index is 387. The van der Waals surface area contributed by atoms with Crippen molar-refractivity contribution in [1.29, 1.82) is 0 Å². The molecule has 0 spiro atoms. The van der Waals surface area contributed by atoms with Crippen LogP contribution in [0.3, 0.4) is 0 Å². The summed E-state index contributed by atoms with van der Waals surface area (Å²) in [5.41, 5.74) is 1.00. The second-order valence-corrected chi connectivity index (χ2v) is 3.90. The van der Waals surface area contributed by atoms with E-state index in [1.807, 2.05) is 41.3 Å². The molecular weight excluding hydrogens is 230 g/mol. The van der Waals surface area contributed by atoms with Gasteiger partial charge in [0.1, 0.15) is 10.7 Å². The molecule has 0 amide bonds. The Labute approximate surface area is 108 Å². The molecule has 0 bridgehead atoms. The van der Waals surface area contributed by atoms with Gasteiger partial charge in [0.2, 0.25) is 0 Å². The normalized spacial score (nSPS) is 9.47. The highest BCUT2D eigenvalue weighted by Gasteiger charge is 2.08. The fourth-order valence-electron chi connectivity index (χ4n) is 1.47. The molecular formula is C14H17NOS. The summed E-state index contributed by atoms with van der Waals surface area (Å²) in [5.74, 6) is 0.829. The van der Waals surface area contributed by atoms with Crippen molar-refractivity contribution in [2.45, 2.75) is 0 Å². The number of nitrogens with zero attached hydrogens (tertiary/aromatic N) is 1. The van der Waals surface area contributed by atoms with Gasteiger partial charge in [-0.2, -0.15) is 0 Å². The van der Waals surface area contributed by atoms with Crippen LogP contribution in [0.2, 0.25) is 0 Å². The SMILES string of the molecule is C=CCN(CC=C)C(=S)c1ccc(OC)cc1. The van der Waals surface area contributed by atoms with Gasteiger partial charge in [-0.15, -0.1) is 13.2 Å². The zero-order valence-corrected chi connectivity index (χ0v) is 10.9. The zero-order chi connectivity index (χ0) is 12.7. The number of rotatable bonds is 6. The molecule has 1 rings (SSSR count). The first-order valence-electron chi connectivity index (χ1n) is 5.38. The van der Waals surface area contributed by atoms with Gasteiger partial charge in [0, 0.05) is 18.7 Å². The second kappa shape index (κ2) is 6.86. The first-order chi connectivity index (χ1) is 8.22. The Morgan fingerprint density at radius 3 is 2.18 bits per heavy atom. The third-order valence-electron chi connectivity index (χ3n) is 2.32. The zero-order valence-electron chi connectivity index (χ0n) is 10.1. The van der Waals surface area contributed by atoms with Gasteiger partial charge in [-0.05, 0) is 24.3 Å². The van der Waals surface area contributed by atoms with Crippen LogP contribution in [0.4, 0.5) is 0 Å². The predicted molar refractivity (Wildman–Crippen MR) is 76.7 cm³/mol. The summed E-state index contributed by atoms with van der Waals surface area (Å²) >= 11 is 5.44. The molecule has 17 heavy (non-hydrogen) atoms. The molecule has 0 aliphatic carbocycles. The number of hydrogen-bond donors (Lipinski definition) is 0. The predicted octanol–water partition coefficient (Wildman–Crippen LogP) is 3.04. The molecule has 2 nitrogen and oxygen atoms in total. The highest BCUT2D eigenvalue weighted by atomic mass is 32.1. The Morgan fingerprint density at radius 1 is 1.24 bits per heavy atom. The van der Waals surface area contributed by atoms with Crippen LogP contribution in [0.5, 0.6) is 5.75 Å². The van der Waals surface area contributed by atoms with E-state index in [0.717, 1.165) is 29.4 Å². The smallest absolute Gasteiger partial charge is 0.118 e. The summed E-state index contributed by atoms with van der Waals surface area (Å²) in [6, 6.07) is 7.73. The second-order valence-electron chi connectivity index (χ2n) is 3.52. The highest BCUT2D eigenvalue weighted by molar-refractivity contribution is 7.80. The van der Waals surface area contributed by atoms with Crippen molar-refractivity contribution in [3.63, 3.8) is 0 Å². The average molecular weight is 247 g/mol. The van der Waals surface area contributed by atoms with Gasteiger partial charge in [-0.3, -0.25) is 0 Å². The Morgan fingerprint density at radius 2 is 1.76 bits per heavy atom. The van der Waals surface area contributed by atoms with Crippen LogP contribution < -0.4 is 4.74 Å². The van der Waals surface area contributed by atoms with E-state index < -0.39 is 0 Å². The van der Waals surface area contributed by atoms with E-state index in [1.165, 1.54) is 0 Å². The largest absolute Gasteiger partial charge is 0.497 e. The van der Waals surface area contributed by atoms with Crippen molar-refractivity contribution in [2.75, 3.05) is 20.2 Å². The molecule has 0 N–H and O–H groups in total. The summed E-state index contributed by atoms with van der Waals surface area (Å²) in [4.78, 5) is 2.84. The van der Waals surface area contributed by atoms with Gasteiger partial charge >= 0.3 is 0 Å². The average Bonchev–Trinajstić information content (AvgIpc) is 2.38. The summed E-state index contributed by atoms with van der Waals surface area (Å²) in [7, 11) is 1.65. The minimum absolute atomic E-state index is 0.719. The number of methoxy groups -OCH3 is 1. The van der Waals surface area contributed by atoms with Gasteiger partial charge in [-0.25, -0.2) is 0 Å². The Kier molecular flexibility index (Phi) is 5.43. The number of benzene rings is 1. The molecule has 3 heteroatoms. The van der Waals surface area contributed by atoms with Crippen molar-refractivity contribution >= 4 is 17.2 Å². The molecule has 0 saturated heterocycles. The molecule has 0 fully saturated rings. The van der Waals surface area contributed by atoms with E-state index in [1.54, 1.807) is 7.11 Å². The molecule has 0 heterocycles. The number of hydrogen-bond acceptors (Lipinski definition) is 2. The quantitative estimate of drug-likeness (QED) is 0.566. The van der Waals surface area contributed by atoms with Crippen molar-refractivity contribution in [1.82, 2.24) is 4.90 Å². The molecule has 0 atom stereocenters. The van der Waals surface area contributed by atoms with E-state index in [4.69, 9.17) is 17.0 Å². The van der Waals surface area contributed by atoms with Gasteiger partial charge < -0.3 is 9.64 Å². The summed E-state index contributed by atoms with van der Waals surface area (Å²) in [5, 5.41) is 0. The van der Waals surface area contributed by atoms with E-state index in [0.29, 0.717) is 0 Å². The third-order valence-corrected chi connectivity index (χ3v) is 2.82. The number of thiocarbonyl (C=S) groups is 1. The maximum Gasteiger partial charge on any atom is 0.118 e. The standard InChI is InChI=1S/C14H17NOS/c1-4-10-15(11-5-2)14(17)12-6-8-13(16-3)9-7-12/h4-9H,1-2,10-11H2,3H3. The summed E-state index contributed by atoms with van der Waals surface area (Å²) in [6.07, 6.45) is 3.67. The van der Waals surface area contributed by atoms with Crippen molar-refractivity contribution in [3.05, 3.63) is 55.1 Å². The van der Waals surface area contributed by atoms with Crippen LogP contribution >= 0.6 is 12.2 Å². The third kappa shape index (κ3) is 3.71. The van der Waals surface area contributed by atoms with Gasteiger partial charge in [-0.1, -0.05) is 24.4 Å². The lowest BCUT2D eigenvalue weighted by molar-refractivity contribution is 0.414. The first-order valence-corrected chi connectivity index (χ1v) is 5.79. The topological polar surface area (TPSA) is 12.5 Å². The summed E-state index contributed by atoms with van der Waals surface area (Å²) in [6.45, 7) is 8.90. The van der Waals surface area contributed by atoms with E-state index in [9.17, 15) is 0 Å². The molecule has 90 valence electrons. The van der Waals surface area contributed by atoms with Gasteiger partial charge in [0.25, 0.3) is 0 Å². The molecule has 0 aromatic heterocycles. The van der Waals surface area contributed by atoms with Crippen LogP contribution in [0, 0.1) is 0 Å². The Hall–Kier alpha value is -1.61. The maximum absolute atomic E-state index is 5.44. The Balaban J connectivity index is 2.84. The summed E-state index contributed by atoms with van der Waals surface area (Å²) < 4.78 is 5.12. The van der Waals surface area contributed by atoms with E-state index >= 15 is 0 Å². The van der Waals surface area contributed by atoms with E-state index in [2.05, 4.69) is 13.2 Å². The van der Waals surface area contributed by atoms with Crippen LogP contribution in [0.15, 0.2) is 49.6 Å². The van der Waals surface area contributed by atoms with Crippen molar-refractivity contribution < 1.29 is 4.74 Å². The van der Waals surface area contributed by atoms with Crippen LogP contribution in [-0.2, 0) is 0 Å². The van der Waals surface area contributed by atoms with Gasteiger partial charge in [0.05, 0.1) is 7.11 Å². The fourth-order valence-corrected chi connectivity index (χ4v) is 1.75. The molecule has 1 aromatic rings. The molecule has 1 aromatic carbocycles. The highest BCUT2D eigenvalue weighted by Crippen LogP contribution is 2.13. The fraction of sp³-hybridized carbons (Fsp3) is 0.214.